The van der Waals surface area contributed by atoms with Gasteiger partial charge in [-0.15, -0.1) is 0 Å². The maximum atomic E-state index is 12.3. The first kappa shape index (κ1) is 13.1. The van der Waals surface area contributed by atoms with Crippen LogP contribution in [0.3, 0.4) is 0 Å². The largest absolute Gasteiger partial charge is 0.416 e. The molecule has 0 aliphatic heterocycles. The topological polar surface area (TPSA) is 80.0 Å². The molecule has 1 rings (SSSR count). The zero-order valence-corrected chi connectivity index (χ0v) is 8.71. The number of anilines is 1. The van der Waals surface area contributed by atoms with Gasteiger partial charge in [-0.05, 0) is 12.1 Å². The maximum absolute atomic E-state index is 12.3. The molecule has 1 heterocycles. The van der Waals surface area contributed by atoms with Gasteiger partial charge in [0.2, 0.25) is 0 Å². The Labute approximate surface area is 95.2 Å². The first-order valence-corrected chi connectivity index (χ1v) is 4.70. The van der Waals surface area contributed by atoms with E-state index in [9.17, 15) is 18.0 Å². The van der Waals surface area contributed by atoms with E-state index in [-0.39, 0.29) is 18.9 Å². The number of primary amides is 1. The highest BCUT2D eigenvalue weighted by molar-refractivity contribution is 5.71. The van der Waals surface area contributed by atoms with Crippen molar-refractivity contribution in [3.63, 3.8) is 0 Å². The Kier molecular flexibility index (Phi) is 4.13. The van der Waals surface area contributed by atoms with E-state index >= 15 is 0 Å². The molecule has 0 atom stereocenters. The summed E-state index contributed by atoms with van der Waals surface area (Å²) >= 11 is 0. The van der Waals surface area contributed by atoms with E-state index in [1.807, 2.05) is 0 Å². The summed E-state index contributed by atoms with van der Waals surface area (Å²) < 4.78 is 37.0. The highest BCUT2D eigenvalue weighted by atomic mass is 19.4. The van der Waals surface area contributed by atoms with Gasteiger partial charge < -0.3 is 16.4 Å². The van der Waals surface area contributed by atoms with E-state index in [0.717, 1.165) is 18.3 Å². The first-order valence-electron chi connectivity index (χ1n) is 4.70. The number of hydrogen-bond acceptors (Lipinski definition) is 3. The van der Waals surface area contributed by atoms with Crippen LogP contribution in [-0.2, 0) is 6.18 Å². The lowest BCUT2D eigenvalue weighted by molar-refractivity contribution is -0.137. The van der Waals surface area contributed by atoms with Crippen molar-refractivity contribution >= 4 is 11.8 Å². The monoisotopic (exact) mass is 248 g/mol. The number of nitrogens with zero attached hydrogens (tertiary/aromatic N) is 1. The molecule has 0 saturated heterocycles. The van der Waals surface area contributed by atoms with Crippen LogP contribution in [0.4, 0.5) is 23.8 Å². The number of rotatable bonds is 4. The van der Waals surface area contributed by atoms with Crippen molar-refractivity contribution in [3.05, 3.63) is 23.9 Å². The molecule has 0 aliphatic carbocycles. The predicted octanol–water partition coefficient (Wildman–Crippen LogP) is 1.18. The summed E-state index contributed by atoms with van der Waals surface area (Å²) in [7, 11) is 0. The molecule has 0 radical (unpaired) electrons. The van der Waals surface area contributed by atoms with Crippen LogP contribution in [0.15, 0.2) is 18.3 Å². The lowest BCUT2D eigenvalue weighted by Crippen LogP contribution is -2.33. The van der Waals surface area contributed by atoms with Gasteiger partial charge in [-0.2, -0.15) is 13.2 Å². The van der Waals surface area contributed by atoms with Gasteiger partial charge in [0, 0.05) is 19.3 Å². The SMILES string of the molecule is NC(=O)NCCNc1cc(C(F)(F)F)ccn1. The van der Waals surface area contributed by atoms with E-state index in [2.05, 4.69) is 15.6 Å². The Morgan fingerprint density at radius 3 is 2.71 bits per heavy atom. The summed E-state index contributed by atoms with van der Waals surface area (Å²) in [4.78, 5) is 14.0. The third-order valence-corrected chi connectivity index (χ3v) is 1.82. The molecule has 8 heteroatoms. The zero-order chi connectivity index (χ0) is 12.9. The van der Waals surface area contributed by atoms with Crippen LogP contribution in [0, 0.1) is 0 Å². The molecule has 5 nitrogen and oxygen atoms in total. The van der Waals surface area contributed by atoms with E-state index in [4.69, 9.17) is 5.73 Å². The molecule has 0 saturated carbocycles. The minimum atomic E-state index is -4.40. The van der Waals surface area contributed by atoms with Crippen LogP contribution < -0.4 is 16.4 Å². The molecule has 0 aliphatic rings. The number of carbonyl (C=O) groups excluding carboxylic acids is 1. The highest BCUT2D eigenvalue weighted by Crippen LogP contribution is 2.29. The molecule has 0 bridgehead atoms. The summed E-state index contributed by atoms with van der Waals surface area (Å²) in [6, 6.07) is 1.08. The average Bonchev–Trinajstić information content (AvgIpc) is 2.23. The van der Waals surface area contributed by atoms with Crippen molar-refractivity contribution in [1.82, 2.24) is 10.3 Å². The van der Waals surface area contributed by atoms with Gasteiger partial charge in [-0.3, -0.25) is 0 Å². The Morgan fingerprint density at radius 2 is 2.12 bits per heavy atom. The van der Waals surface area contributed by atoms with E-state index in [1.165, 1.54) is 0 Å². The standard InChI is InChI=1S/C9H11F3N4O/c10-9(11,12)6-1-2-14-7(5-6)15-3-4-16-8(13)17/h1-2,5H,3-4H2,(H,14,15)(H3,13,16,17). The second-order valence-electron chi connectivity index (χ2n) is 3.15. The predicted molar refractivity (Wildman–Crippen MR) is 55.3 cm³/mol. The number of carbonyl (C=O) groups is 1. The quantitative estimate of drug-likeness (QED) is 0.700. The van der Waals surface area contributed by atoms with Crippen molar-refractivity contribution < 1.29 is 18.0 Å². The smallest absolute Gasteiger partial charge is 0.368 e. The number of hydrogen-bond donors (Lipinski definition) is 3. The molecule has 2 amide bonds. The molecule has 0 fully saturated rings. The third-order valence-electron chi connectivity index (χ3n) is 1.82. The van der Waals surface area contributed by atoms with Gasteiger partial charge in [-0.25, -0.2) is 9.78 Å². The van der Waals surface area contributed by atoms with Crippen molar-refractivity contribution in [2.24, 2.45) is 5.73 Å². The molecule has 0 aromatic carbocycles. The number of nitrogens with two attached hydrogens (primary N) is 1. The van der Waals surface area contributed by atoms with Crippen molar-refractivity contribution in [2.45, 2.75) is 6.18 Å². The van der Waals surface area contributed by atoms with E-state index < -0.39 is 17.8 Å². The fourth-order valence-electron chi connectivity index (χ4n) is 1.08. The number of amides is 2. The molecule has 1 aromatic heterocycles. The second-order valence-corrected chi connectivity index (χ2v) is 3.15. The second kappa shape index (κ2) is 5.37. The van der Waals surface area contributed by atoms with Crippen LogP contribution in [0.25, 0.3) is 0 Å². The minimum absolute atomic E-state index is 0.0890. The number of nitrogens with one attached hydrogen (secondary N) is 2. The van der Waals surface area contributed by atoms with Gasteiger partial charge in [0.05, 0.1) is 5.56 Å². The summed E-state index contributed by atoms with van der Waals surface area (Å²) in [5.41, 5.74) is 4.03. The van der Waals surface area contributed by atoms with Crippen LogP contribution >= 0.6 is 0 Å². The van der Waals surface area contributed by atoms with Crippen LogP contribution in [0.5, 0.6) is 0 Å². The fraction of sp³-hybridized carbons (Fsp3) is 0.333. The van der Waals surface area contributed by atoms with Crippen LogP contribution in [-0.4, -0.2) is 24.1 Å². The normalized spacial score (nSPS) is 11.0. The minimum Gasteiger partial charge on any atom is -0.368 e. The lowest BCUT2D eigenvalue weighted by Gasteiger charge is -2.09. The molecule has 17 heavy (non-hydrogen) atoms. The van der Waals surface area contributed by atoms with Gasteiger partial charge in [0.15, 0.2) is 0 Å². The van der Waals surface area contributed by atoms with Crippen molar-refractivity contribution in [1.29, 1.82) is 0 Å². The first-order chi connectivity index (χ1) is 7.89. The molecule has 94 valence electrons. The third kappa shape index (κ3) is 4.58. The van der Waals surface area contributed by atoms with Crippen molar-refractivity contribution in [3.8, 4) is 0 Å². The Bertz CT molecular complexity index is 394. The summed E-state index contributed by atoms with van der Waals surface area (Å²) in [6.07, 6.45) is -3.34. The summed E-state index contributed by atoms with van der Waals surface area (Å²) in [5.74, 6) is 0.0890. The van der Waals surface area contributed by atoms with Gasteiger partial charge in [0.1, 0.15) is 5.82 Å². The zero-order valence-electron chi connectivity index (χ0n) is 8.71. The Morgan fingerprint density at radius 1 is 1.41 bits per heavy atom. The summed E-state index contributed by atoms with van der Waals surface area (Å²) in [5, 5.41) is 4.92. The molecular weight excluding hydrogens is 237 g/mol. The molecule has 0 unspecified atom stereocenters. The van der Waals surface area contributed by atoms with Crippen LogP contribution in [0.2, 0.25) is 0 Å². The number of urea groups is 1. The highest BCUT2D eigenvalue weighted by Gasteiger charge is 2.30. The molecule has 4 N–H and O–H groups in total. The van der Waals surface area contributed by atoms with Crippen molar-refractivity contribution in [2.75, 3.05) is 18.4 Å². The van der Waals surface area contributed by atoms with Gasteiger partial charge >= 0.3 is 12.2 Å². The maximum Gasteiger partial charge on any atom is 0.416 e. The Balaban J connectivity index is 2.52. The molecule has 1 aromatic rings. The van der Waals surface area contributed by atoms with E-state index in [0.29, 0.717) is 0 Å². The Hall–Kier alpha value is -1.99. The number of halogens is 3. The number of alkyl halides is 3. The molecular formula is C9H11F3N4O. The fourth-order valence-corrected chi connectivity index (χ4v) is 1.08. The molecule has 0 spiro atoms. The number of pyridine rings is 1. The van der Waals surface area contributed by atoms with Gasteiger partial charge in [0.25, 0.3) is 0 Å². The number of aromatic nitrogens is 1. The summed E-state index contributed by atoms with van der Waals surface area (Å²) in [6.45, 7) is 0.435. The van der Waals surface area contributed by atoms with Gasteiger partial charge in [-0.1, -0.05) is 0 Å². The van der Waals surface area contributed by atoms with E-state index in [1.54, 1.807) is 0 Å². The lowest BCUT2D eigenvalue weighted by atomic mass is 10.2. The van der Waals surface area contributed by atoms with Crippen LogP contribution in [0.1, 0.15) is 5.56 Å². The average molecular weight is 248 g/mol.